The van der Waals surface area contributed by atoms with Gasteiger partial charge in [0, 0.05) is 11.4 Å². The zero-order chi connectivity index (χ0) is 13.2. The van der Waals surface area contributed by atoms with Crippen LogP contribution < -0.4 is 5.32 Å². The fourth-order valence-corrected chi connectivity index (χ4v) is 2.49. The molecule has 1 aliphatic heterocycles. The van der Waals surface area contributed by atoms with Crippen molar-refractivity contribution in [3.05, 3.63) is 34.6 Å². The van der Waals surface area contributed by atoms with E-state index in [0.717, 1.165) is 25.8 Å². The number of halogens is 2. The van der Waals surface area contributed by atoms with Crippen LogP contribution in [0.15, 0.2) is 18.2 Å². The van der Waals surface area contributed by atoms with Crippen molar-refractivity contribution in [1.29, 1.82) is 0 Å². The topological polar surface area (TPSA) is 29.1 Å². The van der Waals surface area contributed by atoms with Crippen molar-refractivity contribution in [3.8, 4) is 0 Å². The smallest absolute Gasteiger partial charge is 0.157 e. The predicted molar refractivity (Wildman–Crippen MR) is 70.4 cm³/mol. The molecule has 0 aliphatic carbocycles. The summed E-state index contributed by atoms with van der Waals surface area (Å²) in [5.41, 5.74) is -0.0948. The lowest BCUT2D eigenvalue weighted by Crippen LogP contribution is -2.52. The van der Waals surface area contributed by atoms with E-state index in [9.17, 15) is 9.18 Å². The van der Waals surface area contributed by atoms with E-state index in [1.807, 2.05) is 6.92 Å². The zero-order valence-corrected chi connectivity index (χ0v) is 11.2. The second-order valence-corrected chi connectivity index (χ2v) is 5.49. The average Bonchev–Trinajstić information content (AvgIpc) is 2.33. The molecule has 1 aromatic carbocycles. The summed E-state index contributed by atoms with van der Waals surface area (Å²) in [4.78, 5) is 12.3. The third kappa shape index (κ3) is 2.90. The van der Waals surface area contributed by atoms with Gasteiger partial charge in [0.05, 0.1) is 5.54 Å². The van der Waals surface area contributed by atoms with Gasteiger partial charge in [0.15, 0.2) is 5.78 Å². The lowest BCUT2D eigenvalue weighted by atomic mass is 9.84. The van der Waals surface area contributed by atoms with Gasteiger partial charge in [-0.2, -0.15) is 0 Å². The molecule has 0 radical (unpaired) electrons. The van der Waals surface area contributed by atoms with Crippen LogP contribution in [-0.2, 0) is 11.2 Å². The van der Waals surface area contributed by atoms with Crippen molar-refractivity contribution in [2.75, 3.05) is 6.54 Å². The van der Waals surface area contributed by atoms with E-state index in [1.54, 1.807) is 12.1 Å². The maximum absolute atomic E-state index is 13.6. The first-order valence-corrected chi connectivity index (χ1v) is 6.61. The molecule has 1 heterocycles. The zero-order valence-electron chi connectivity index (χ0n) is 10.4. The summed E-state index contributed by atoms with van der Waals surface area (Å²) in [6.45, 7) is 2.76. The Kier molecular flexibility index (Phi) is 4.03. The Balaban J connectivity index is 2.11. The largest absolute Gasteiger partial charge is 0.305 e. The Bertz CT molecular complexity index is 455. The van der Waals surface area contributed by atoms with Gasteiger partial charge in [-0.15, -0.1) is 0 Å². The molecule has 1 unspecified atom stereocenters. The Morgan fingerprint density at radius 2 is 2.28 bits per heavy atom. The van der Waals surface area contributed by atoms with Crippen LogP contribution in [-0.4, -0.2) is 17.9 Å². The van der Waals surface area contributed by atoms with Crippen LogP contribution in [0.4, 0.5) is 4.39 Å². The van der Waals surface area contributed by atoms with E-state index < -0.39 is 11.4 Å². The molecule has 18 heavy (non-hydrogen) atoms. The number of piperidine rings is 1. The highest BCUT2D eigenvalue weighted by atomic mass is 35.5. The van der Waals surface area contributed by atoms with Crippen LogP contribution in [0.3, 0.4) is 0 Å². The van der Waals surface area contributed by atoms with Crippen LogP contribution >= 0.6 is 11.6 Å². The molecular formula is C14H17ClFNO. The minimum Gasteiger partial charge on any atom is -0.305 e. The third-order valence-electron chi connectivity index (χ3n) is 3.60. The van der Waals surface area contributed by atoms with Crippen LogP contribution in [0.1, 0.15) is 31.7 Å². The Morgan fingerprint density at radius 1 is 1.50 bits per heavy atom. The maximum Gasteiger partial charge on any atom is 0.157 e. The van der Waals surface area contributed by atoms with Crippen LogP contribution in [0.2, 0.25) is 5.02 Å². The van der Waals surface area contributed by atoms with E-state index in [0.29, 0.717) is 10.6 Å². The molecule has 4 heteroatoms. The monoisotopic (exact) mass is 269 g/mol. The number of carbonyl (C=O) groups is 1. The van der Waals surface area contributed by atoms with Crippen molar-refractivity contribution in [2.24, 2.45) is 0 Å². The summed E-state index contributed by atoms with van der Waals surface area (Å²) in [5, 5.41) is 3.60. The first-order chi connectivity index (χ1) is 8.51. The van der Waals surface area contributed by atoms with Crippen molar-refractivity contribution in [2.45, 2.75) is 38.1 Å². The quantitative estimate of drug-likeness (QED) is 0.913. The van der Waals surface area contributed by atoms with Gasteiger partial charge >= 0.3 is 0 Å². The van der Waals surface area contributed by atoms with Crippen molar-refractivity contribution >= 4 is 17.4 Å². The number of hydrogen-bond donors (Lipinski definition) is 1. The van der Waals surface area contributed by atoms with Gasteiger partial charge in [-0.05, 0) is 50.4 Å². The second kappa shape index (κ2) is 5.37. The average molecular weight is 270 g/mol. The molecule has 0 spiro atoms. The number of Topliss-reactive ketones (excluding diaryl/α,β-unsaturated/α-hetero) is 1. The molecule has 98 valence electrons. The summed E-state index contributed by atoms with van der Waals surface area (Å²) in [6, 6.07) is 4.45. The Labute approximate surface area is 112 Å². The van der Waals surface area contributed by atoms with Crippen molar-refractivity contribution in [1.82, 2.24) is 5.32 Å². The molecule has 1 atom stereocenters. The molecule has 2 rings (SSSR count). The number of hydrogen-bond acceptors (Lipinski definition) is 2. The number of rotatable bonds is 3. The summed E-state index contributed by atoms with van der Waals surface area (Å²) in [6.07, 6.45) is 3.07. The summed E-state index contributed by atoms with van der Waals surface area (Å²) < 4.78 is 13.6. The fraction of sp³-hybridized carbons (Fsp3) is 0.500. The van der Waals surface area contributed by atoms with Crippen molar-refractivity contribution in [3.63, 3.8) is 0 Å². The highest BCUT2D eigenvalue weighted by molar-refractivity contribution is 6.30. The molecule has 1 N–H and O–H groups in total. The van der Waals surface area contributed by atoms with Gasteiger partial charge < -0.3 is 5.32 Å². The minimum atomic E-state index is -0.510. The van der Waals surface area contributed by atoms with Crippen molar-refractivity contribution < 1.29 is 9.18 Å². The molecule has 0 saturated carbocycles. The van der Waals surface area contributed by atoms with Crippen LogP contribution in [0.25, 0.3) is 0 Å². The molecule has 0 aromatic heterocycles. The standard InChI is InChI=1S/C14H17ClFNO/c1-14(6-2-3-7-17-14)13(18)8-10-4-5-11(15)9-12(10)16/h4-5,9,17H,2-3,6-8H2,1H3. The number of carbonyl (C=O) groups excluding carboxylic acids is 1. The SMILES string of the molecule is CC1(C(=O)Cc2ccc(Cl)cc2F)CCCCN1. The van der Waals surface area contributed by atoms with E-state index >= 15 is 0 Å². The predicted octanol–water partition coefficient (Wildman–Crippen LogP) is 3.12. The Hall–Kier alpha value is -0.930. The molecule has 1 saturated heterocycles. The highest BCUT2D eigenvalue weighted by Crippen LogP contribution is 2.23. The minimum absolute atomic E-state index is 0.0448. The molecule has 1 aromatic rings. The molecule has 1 aliphatic rings. The van der Waals surface area contributed by atoms with Crippen LogP contribution in [0, 0.1) is 5.82 Å². The number of ketones is 1. The second-order valence-electron chi connectivity index (χ2n) is 5.05. The first-order valence-electron chi connectivity index (χ1n) is 6.23. The molecular weight excluding hydrogens is 253 g/mol. The molecule has 1 fully saturated rings. The molecule has 0 amide bonds. The van der Waals surface area contributed by atoms with E-state index in [2.05, 4.69) is 5.32 Å². The number of benzene rings is 1. The van der Waals surface area contributed by atoms with Gasteiger partial charge in [0.25, 0.3) is 0 Å². The van der Waals surface area contributed by atoms with E-state index in [4.69, 9.17) is 11.6 Å². The maximum atomic E-state index is 13.6. The lowest BCUT2D eigenvalue weighted by Gasteiger charge is -2.33. The third-order valence-corrected chi connectivity index (χ3v) is 3.84. The van der Waals surface area contributed by atoms with Gasteiger partial charge in [0.2, 0.25) is 0 Å². The van der Waals surface area contributed by atoms with E-state index in [1.165, 1.54) is 6.07 Å². The lowest BCUT2D eigenvalue weighted by molar-refractivity contribution is -0.125. The van der Waals surface area contributed by atoms with Crippen LogP contribution in [0.5, 0.6) is 0 Å². The summed E-state index contributed by atoms with van der Waals surface area (Å²) in [5.74, 6) is -0.362. The fourth-order valence-electron chi connectivity index (χ4n) is 2.33. The summed E-state index contributed by atoms with van der Waals surface area (Å²) in [7, 11) is 0. The van der Waals surface area contributed by atoms with Gasteiger partial charge in [-0.25, -0.2) is 4.39 Å². The molecule has 2 nitrogen and oxygen atoms in total. The Morgan fingerprint density at radius 3 is 2.89 bits per heavy atom. The highest BCUT2D eigenvalue weighted by Gasteiger charge is 2.33. The molecule has 0 bridgehead atoms. The number of nitrogens with one attached hydrogen (secondary N) is 1. The summed E-state index contributed by atoms with van der Waals surface area (Å²) >= 11 is 5.69. The van der Waals surface area contributed by atoms with Gasteiger partial charge in [0.1, 0.15) is 5.82 Å². The first kappa shape index (κ1) is 13.5. The van der Waals surface area contributed by atoms with Gasteiger partial charge in [-0.3, -0.25) is 4.79 Å². The van der Waals surface area contributed by atoms with Gasteiger partial charge in [-0.1, -0.05) is 17.7 Å². The van der Waals surface area contributed by atoms with E-state index in [-0.39, 0.29) is 12.2 Å². The normalized spacial score (nSPS) is 23.9.